The van der Waals surface area contributed by atoms with E-state index in [-0.39, 0.29) is 0 Å². The molecule has 1 aromatic heterocycles. The van der Waals surface area contributed by atoms with Crippen molar-refractivity contribution < 1.29 is 4.74 Å². The maximum atomic E-state index is 5.13. The first kappa shape index (κ1) is 14.0. The first-order valence-corrected chi connectivity index (χ1v) is 6.84. The molecule has 1 heterocycles. The fraction of sp³-hybridized carbons (Fsp3) is 0.533. The van der Waals surface area contributed by atoms with Crippen molar-refractivity contribution in [3.05, 3.63) is 30.1 Å². The van der Waals surface area contributed by atoms with Crippen LogP contribution in [0, 0.1) is 12.8 Å². The zero-order valence-electron chi connectivity index (χ0n) is 12.0. The lowest BCUT2D eigenvalue weighted by Crippen LogP contribution is -2.27. The van der Waals surface area contributed by atoms with Crippen molar-refractivity contribution in [2.45, 2.75) is 20.4 Å². The number of nitrogens with one attached hydrogen (secondary N) is 1. The summed E-state index contributed by atoms with van der Waals surface area (Å²) in [4.78, 5) is 4.57. The third kappa shape index (κ3) is 3.55. The minimum Gasteiger partial charge on any atom is -0.384 e. The highest BCUT2D eigenvalue weighted by molar-refractivity contribution is 5.75. The molecule has 0 aliphatic carbocycles. The lowest BCUT2D eigenvalue weighted by Gasteiger charge is -2.12. The highest BCUT2D eigenvalue weighted by Crippen LogP contribution is 2.14. The van der Waals surface area contributed by atoms with Gasteiger partial charge >= 0.3 is 0 Å². The van der Waals surface area contributed by atoms with Crippen molar-refractivity contribution in [2.24, 2.45) is 5.92 Å². The molecule has 2 aromatic rings. The number of hydrogen-bond donors (Lipinski definition) is 1. The molecule has 4 nitrogen and oxygen atoms in total. The van der Waals surface area contributed by atoms with Gasteiger partial charge in [-0.3, -0.25) is 0 Å². The van der Waals surface area contributed by atoms with E-state index in [0.29, 0.717) is 5.92 Å². The number of imidazole rings is 1. The standard InChI is InChI=1S/C15H23N3O/c1-12(11-19-3)10-16-8-9-18-13(2)17-14-6-4-5-7-15(14)18/h4-7,12,16H,8-11H2,1-3H3. The Hall–Kier alpha value is -1.39. The number of hydrogen-bond acceptors (Lipinski definition) is 3. The highest BCUT2D eigenvalue weighted by Gasteiger charge is 2.06. The van der Waals surface area contributed by atoms with E-state index in [1.165, 1.54) is 5.52 Å². The molecule has 0 spiro atoms. The van der Waals surface area contributed by atoms with Crippen molar-refractivity contribution in [2.75, 3.05) is 26.8 Å². The van der Waals surface area contributed by atoms with Crippen LogP contribution in [0.25, 0.3) is 11.0 Å². The summed E-state index contributed by atoms with van der Waals surface area (Å²) in [5.74, 6) is 1.62. The Labute approximate surface area is 114 Å². The number of methoxy groups -OCH3 is 1. The molecular formula is C15H23N3O. The van der Waals surface area contributed by atoms with Gasteiger partial charge in [0.05, 0.1) is 11.0 Å². The normalized spacial score (nSPS) is 13.0. The Balaban J connectivity index is 1.89. The van der Waals surface area contributed by atoms with Crippen LogP contribution in [-0.2, 0) is 11.3 Å². The number of benzene rings is 1. The molecule has 104 valence electrons. The predicted molar refractivity (Wildman–Crippen MR) is 78.4 cm³/mol. The van der Waals surface area contributed by atoms with E-state index >= 15 is 0 Å². The van der Waals surface area contributed by atoms with Crippen LogP contribution < -0.4 is 5.32 Å². The van der Waals surface area contributed by atoms with Gasteiger partial charge in [-0.1, -0.05) is 19.1 Å². The molecule has 0 aliphatic rings. The van der Waals surface area contributed by atoms with Crippen LogP contribution in [0.1, 0.15) is 12.7 Å². The van der Waals surface area contributed by atoms with E-state index in [1.54, 1.807) is 7.11 Å². The van der Waals surface area contributed by atoms with Gasteiger partial charge in [0.2, 0.25) is 0 Å². The SMILES string of the molecule is COCC(C)CNCCn1c(C)nc2ccccc21. The van der Waals surface area contributed by atoms with Gasteiger partial charge in [-0.25, -0.2) is 4.98 Å². The third-order valence-corrected chi connectivity index (χ3v) is 3.30. The van der Waals surface area contributed by atoms with Crippen LogP contribution in [-0.4, -0.2) is 36.4 Å². The topological polar surface area (TPSA) is 39.1 Å². The molecule has 1 N–H and O–H groups in total. The van der Waals surface area contributed by atoms with Crippen LogP contribution in [0.4, 0.5) is 0 Å². The van der Waals surface area contributed by atoms with Crippen molar-refractivity contribution >= 4 is 11.0 Å². The van der Waals surface area contributed by atoms with Gasteiger partial charge in [-0.05, 0) is 31.5 Å². The molecule has 0 amide bonds. The number of nitrogens with zero attached hydrogens (tertiary/aromatic N) is 2. The maximum Gasteiger partial charge on any atom is 0.106 e. The minimum atomic E-state index is 0.547. The molecular weight excluding hydrogens is 238 g/mol. The number of fused-ring (bicyclic) bond motifs is 1. The summed E-state index contributed by atoms with van der Waals surface area (Å²) in [6, 6.07) is 8.29. The number of rotatable bonds is 7. The highest BCUT2D eigenvalue weighted by atomic mass is 16.5. The number of para-hydroxylation sites is 2. The third-order valence-electron chi connectivity index (χ3n) is 3.30. The average Bonchev–Trinajstić information content (AvgIpc) is 2.71. The quantitative estimate of drug-likeness (QED) is 0.777. The molecule has 1 atom stereocenters. The summed E-state index contributed by atoms with van der Waals surface area (Å²) < 4.78 is 7.40. The molecule has 0 fully saturated rings. The zero-order chi connectivity index (χ0) is 13.7. The summed E-state index contributed by atoms with van der Waals surface area (Å²) in [5, 5.41) is 3.47. The Morgan fingerprint density at radius 2 is 2.16 bits per heavy atom. The largest absolute Gasteiger partial charge is 0.384 e. The van der Waals surface area contributed by atoms with Gasteiger partial charge in [-0.15, -0.1) is 0 Å². The van der Waals surface area contributed by atoms with Gasteiger partial charge in [0.15, 0.2) is 0 Å². The lowest BCUT2D eigenvalue weighted by atomic mass is 10.2. The summed E-state index contributed by atoms with van der Waals surface area (Å²) >= 11 is 0. The molecule has 0 aliphatic heterocycles. The first-order valence-electron chi connectivity index (χ1n) is 6.84. The van der Waals surface area contributed by atoms with Crippen LogP contribution in [0.3, 0.4) is 0 Å². The fourth-order valence-corrected chi connectivity index (χ4v) is 2.36. The molecule has 4 heteroatoms. The van der Waals surface area contributed by atoms with Crippen molar-refractivity contribution in [3.8, 4) is 0 Å². The van der Waals surface area contributed by atoms with E-state index in [4.69, 9.17) is 4.74 Å². The molecule has 1 aromatic carbocycles. The second kappa shape index (κ2) is 6.68. The molecule has 19 heavy (non-hydrogen) atoms. The zero-order valence-corrected chi connectivity index (χ0v) is 12.0. The molecule has 0 bridgehead atoms. The van der Waals surface area contributed by atoms with Crippen LogP contribution in [0.2, 0.25) is 0 Å². The maximum absolute atomic E-state index is 5.13. The van der Waals surface area contributed by atoms with Crippen molar-refractivity contribution in [1.82, 2.24) is 14.9 Å². The van der Waals surface area contributed by atoms with E-state index in [1.807, 2.05) is 6.07 Å². The van der Waals surface area contributed by atoms with Crippen LogP contribution in [0.15, 0.2) is 24.3 Å². The molecule has 2 rings (SSSR count). The van der Waals surface area contributed by atoms with Crippen molar-refractivity contribution in [3.63, 3.8) is 0 Å². The summed E-state index contributed by atoms with van der Waals surface area (Å²) in [6.45, 7) is 7.95. The Morgan fingerprint density at radius 3 is 2.95 bits per heavy atom. The number of aryl methyl sites for hydroxylation is 1. The second-order valence-corrected chi connectivity index (χ2v) is 5.06. The van der Waals surface area contributed by atoms with E-state index < -0.39 is 0 Å². The van der Waals surface area contributed by atoms with Crippen molar-refractivity contribution in [1.29, 1.82) is 0 Å². The van der Waals surface area contributed by atoms with Gasteiger partial charge < -0.3 is 14.6 Å². The molecule has 1 unspecified atom stereocenters. The number of ether oxygens (including phenoxy) is 1. The van der Waals surface area contributed by atoms with Gasteiger partial charge in [-0.2, -0.15) is 0 Å². The average molecular weight is 261 g/mol. The van der Waals surface area contributed by atoms with E-state index in [2.05, 4.69) is 46.9 Å². The van der Waals surface area contributed by atoms with Crippen LogP contribution in [0.5, 0.6) is 0 Å². The van der Waals surface area contributed by atoms with E-state index in [0.717, 1.165) is 37.6 Å². The predicted octanol–water partition coefficient (Wildman–Crippen LogP) is 2.22. The molecule has 0 saturated heterocycles. The summed E-state index contributed by atoms with van der Waals surface area (Å²) in [5.41, 5.74) is 2.29. The van der Waals surface area contributed by atoms with E-state index in [9.17, 15) is 0 Å². The first-order chi connectivity index (χ1) is 9.22. The minimum absolute atomic E-state index is 0.547. The Bertz CT molecular complexity index is 521. The van der Waals surface area contributed by atoms with Gasteiger partial charge in [0.1, 0.15) is 5.82 Å². The smallest absolute Gasteiger partial charge is 0.106 e. The second-order valence-electron chi connectivity index (χ2n) is 5.06. The molecule has 0 radical (unpaired) electrons. The number of aromatic nitrogens is 2. The Kier molecular flexibility index (Phi) is 4.93. The van der Waals surface area contributed by atoms with Crippen LogP contribution >= 0.6 is 0 Å². The lowest BCUT2D eigenvalue weighted by molar-refractivity contribution is 0.158. The fourth-order valence-electron chi connectivity index (χ4n) is 2.36. The van der Waals surface area contributed by atoms with Gasteiger partial charge in [0, 0.05) is 26.8 Å². The monoisotopic (exact) mass is 261 g/mol. The molecule has 0 saturated carbocycles. The van der Waals surface area contributed by atoms with Gasteiger partial charge in [0.25, 0.3) is 0 Å². The Morgan fingerprint density at radius 1 is 1.37 bits per heavy atom. The summed E-state index contributed by atoms with van der Waals surface area (Å²) in [7, 11) is 1.75. The summed E-state index contributed by atoms with van der Waals surface area (Å²) in [6.07, 6.45) is 0.